The first-order valence-electron chi connectivity index (χ1n) is 14.5. The Bertz CT molecular complexity index is 1190. The number of hydrogen-bond donors (Lipinski definition) is 1. The Morgan fingerprint density at radius 2 is 2.05 bits per heavy atom. The van der Waals surface area contributed by atoms with Crippen LogP contribution in [0.3, 0.4) is 0 Å². The summed E-state index contributed by atoms with van der Waals surface area (Å²) in [6, 6.07) is 7.37. The molecule has 3 heterocycles. The standard InChI is InChI=1S/C31H43N3O6/c1-6-8-13-34(23-11-9-12-32(4)17-23)28(35)19-33-18-24(29(31(36)37)25(33)14-21(3)10-7-2)22-15-26(38-5)30-27(16-22)39-20-40-30/h9,11-12,15-17,21,24-25,29H,6-8,10,13-14,18-20H2,1-5H3/p+1/t21?,24-,25+,29?/m1/s1. The van der Waals surface area contributed by atoms with Gasteiger partial charge in [0.15, 0.2) is 23.9 Å². The van der Waals surface area contributed by atoms with Gasteiger partial charge in [0, 0.05) is 31.1 Å². The molecule has 1 N–H and O–H groups in total. The lowest BCUT2D eigenvalue weighted by molar-refractivity contribution is -0.670. The van der Waals surface area contributed by atoms with E-state index in [0.717, 1.165) is 36.9 Å². The fourth-order valence-electron chi connectivity index (χ4n) is 6.22. The summed E-state index contributed by atoms with van der Waals surface area (Å²) in [5.74, 6) is 0.114. The summed E-state index contributed by atoms with van der Waals surface area (Å²) in [6.45, 7) is 7.78. The van der Waals surface area contributed by atoms with Gasteiger partial charge in [0.2, 0.25) is 18.4 Å². The van der Waals surface area contributed by atoms with Gasteiger partial charge < -0.3 is 24.2 Å². The highest BCUT2D eigenvalue weighted by Gasteiger charge is 2.48. The Morgan fingerprint density at radius 3 is 2.73 bits per heavy atom. The molecule has 2 aromatic rings. The van der Waals surface area contributed by atoms with Gasteiger partial charge in [0.25, 0.3) is 0 Å². The molecule has 2 unspecified atom stereocenters. The molecule has 218 valence electrons. The van der Waals surface area contributed by atoms with Crippen LogP contribution >= 0.6 is 0 Å². The second-order valence-corrected chi connectivity index (χ2v) is 11.2. The number of pyridine rings is 1. The summed E-state index contributed by atoms with van der Waals surface area (Å²) in [5.41, 5.74) is 1.68. The van der Waals surface area contributed by atoms with E-state index < -0.39 is 11.9 Å². The molecule has 1 saturated heterocycles. The van der Waals surface area contributed by atoms with Crippen molar-refractivity contribution in [1.82, 2.24) is 4.90 Å². The number of fused-ring (bicyclic) bond motifs is 1. The number of hydrogen-bond acceptors (Lipinski definition) is 6. The van der Waals surface area contributed by atoms with Crippen molar-refractivity contribution in [2.75, 3.05) is 38.4 Å². The summed E-state index contributed by atoms with van der Waals surface area (Å²) in [6.07, 6.45) is 8.52. The van der Waals surface area contributed by atoms with Crippen molar-refractivity contribution in [3.8, 4) is 17.2 Å². The number of carboxylic acids is 1. The molecule has 1 aromatic heterocycles. The minimum Gasteiger partial charge on any atom is -0.493 e. The minimum absolute atomic E-state index is 0.0131. The van der Waals surface area contributed by atoms with E-state index in [-0.39, 0.29) is 31.2 Å². The van der Waals surface area contributed by atoms with Gasteiger partial charge in [-0.1, -0.05) is 40.0 Å². The molecule has 0 spiro atoms. The van der Waals surface area contributed by atoms with Crippen LogP contribution in [-0.2, 0) is 16.6 Å². The molecule has 1 fully saturated rings. The number of nitrogens with zero attached hydrogens (tertiary/aromatic N) is 3. The Morgan fingerprint density at radius 1 is 1.25 bits per heavy atom. The van der Waals surface area contributed by atoms with Crippen molar-refractivity contribution >= 4 is 17.6 Å². The smallest absolute Gasteiger partial charge is 0.308 e. The maximum Gasteiger partial charge on any atom is 0.308 e. The highest BCUT2D eigenvalue weighted by atomic mass is 16.7. The SMILES string of the molecule is CCCCN(C(=O)CN1C[C@H](c2cc(OC)c3c(c2)OCO3)C(C(=O)O)[C@@H]1CC(C)CCC)c1ccc[n+](C)c1. The van der Waals surface area contributed by atoms with Crippen molar-refractivity contribution < 1.29 is 33.5 Å². The molecule has 9 nitrogen and oxygen atoms in total. The number of aromatic nitrogens is 1. The predicted molar refractivity (Wildman–Crippen MR) is 152 cm³/mol. The normalized spacial score (nSPS) is 20.9. The fourth-order valence-corrected chi connectivity index (χ4v) is 6.22. The van der Waals surface area contributed by atoms with Crippen LogP contribution in [0.25, 0.3) is 0 Å². The molecular weight excluding hydrogens is 510 g/mol. The minimum atomic E-state index is -0.844. The first-order chi connectivity index (χ1) is 19.3. The van der Waals surface area contributed by atoms with Crippen LogP contribution in [0.5, 0.6) is 17.2 Å². The maximum absolute atomic E-state index is 13.9. The van der Waals surface area contributed by atoms with E-state index in [1.54, 1.807) is 7.11 Å². The average molecular weight is 555 g/mol. The zero-order valence-electron chi connectivity index (χ0n) is 24.5. The van der Waals surface area contributed by atoms with E-state index >= 15 is 0 Å². The van der Waals surface area contributed by atoms with Gasteiger partial charge in [-0.15, -0.1) is 0 Å². The summed E-state index contributed by atoms with van der Waals surface area (Å²) in [5, 5.41) is 10.6. The molecule has 4 rings (SSSR count). The lowest BCUT2D eigenvalue weighted by atomic mass is 9.81. The Kier molecular flexibility index (Phi) is 9.90. The van der Waals surface area contributed by atoms with Crippen molar-refractivity contribution in [1.29, 1.82) is 0 Å². The molecule has 2 aliphatic heterocycles. The number of aryl methyl sites for hydroxylation is 1. The van der Waals surface area contributed by atoms with Crippen molar-refractivity contribution in [3.63, 3.8) is 0 Å². The second-order valence-electron chi connectivity index (χ2n) is 11.2. The molecule has 0 bridgehead atoms. The quantitative estimate of drug-likeness (QED) is 0.368. The number of carbonyl (C=O) groups is 2. The van der Waals surface area contributed by atoms with Crippen molar-refractivity contribution in [2.24, 2.45) is 18.9 Å². The first kappa shape index (κ1) is 29.6. The molecular formula is C31H44N3O6+. The van der Waals surface area contributed by atoms with Gasteiger partial charge in [-0.25, -0.2) is 4.57 Å². The third-order valence-electron chi connectivity index (χ3n) is 8.18. The zero-order chi connectivity index (χ0) is 28.8. The van der Waals surface area contributed by atoms with E-state index in [1.807, 2.05) is 53.2 Å². The average Bonchev–Trinajstić information content (AvgIpc) is 3.53. The van der Waals surface area contributed by atoms with Crippen LogP contribution in [-0.4, -0.2) is 61.5 Å². The molecule has 9 heteroatoms. The van der Waals surface area contributed by atoms with Crippen LogP contribution < -0.4 is 23.7 Å². The number of ether oxygens (including phenoxy) is 3. The van der Waals surface area contributed by atoms with Gasteiger partial charge in [-0.3, -0.25) is 14.5 Å². The Hall–Kier alpha value is -3.33. The molecule has 1 amide bonds. The highest BCUT2D eigenvalue weighted by molar-refractivity contribution is 5.94. The number of carbonyl (C=O) groups excluding carboxylic acids is 1. The van der Waals surface area contributed by atoms with Gasteiger partial charge in [-0.2, -0.15) is 0 Å². The topological polar surface area (TPSA) is 92.4 Å². The molecule has 4 atom stereocenters. The third-order valence-corrected chi connectivity index (χ3v) is 8.18. The highest BCUT2D eigenvalue weighted by Crippen LogP contribution is 2.47. The van der Waals surface area contributed by atoms with Crippen LogP contribution in [0, 0.1) is 11.8 Å². The van der Waals surface area contributed by atoms with E-state index in [4.69, 9.17) is 14.2 Å². The molecule has 1 aromatic carbocycles. The van der Waals surface area contributed by atoms with Crippen LogP contribution in [0.2, 0.25) is 0 Å². The molecule has 0 aliphatic carbocycles. The van der Waals surface area contributed by atoms with Crippen LogP contribution in [0.15, 0.2) is 36.7 Å². The number of rotatable bonds is 13. The van der Waals surface area contributed by atoms with Gasteiger partial charge in [0.05, 0.1) is 19.6 Å². The molecule has 0 radical (unpaired) electrons. The molecule has 0 saturated carbocycles. The van der Waals surface area contributed by atoms with Crippen molar-refractivity contribution in [2.45, 2.75) is 64.8 Å². The number of benzene rings is 1. The summed E-state index contributed by atoms with van der Waals surface area (Å²) in [4.78, 5) is 30.8. The van der Waals surface area contributed by atoms with E-state index in [0.29, 0.717) is 42.7 Å². The largest absolute Gasteiger partial charge is 0.493 e. The van der Waals surface area contributed by atoms with Gasteiger partial charge >= 0.3 is 5.97 Å². The fraction of sp³-hybridized carbons (Fsp3) is 0.581. The zero-order valence-corrected chi connectivity index (χ0v) is 24.5. The van der Waals surface area contributed by atoms with Gasteiger partial charge in [-0.05, 0) is 42.5 Å². The van der Waals surface area contributed by atoms with E-state index in [9.17, 15) is 14.7 Å². The summed E-state index contributed by atoms with van der Waals surface area (Å²) < 4.78 is 18.7. The number of likely N-dealkylation sites (tertiary alicyclic amines) is 1. The van der Waals surface area contributed by atoms with Gasteiger partial charge in [0.1, 0.15) is 12.7 Å². The van der Waals surface area contributed by atoms with Crippen molar-refractivity contribution in [3.05, 3.63) is 42.2 Å². The maximum atomic E-state index is 13.9. The number of amides is 1. The Labute approximate surface area is 237 Å². The predicted octanol–water partition coefficient (Wildman–Crippen LogP) is 4.38. The first-order valence-corrected chi connectivity index (χ1v) is 14.5. The third kappa shape index (κ3) is 6.52. The van der Waals surface area contributed by atoms with E-state index in [1.165, 1.54) is 0 Å². The number of carboxylic acid groups (broad SMARTS) is 1. The van der Waals surface area contributed by atoms with Crippen LogP contribution in [0.1, 0.15) is 64.4 Å². The number of aliphatic carboxylic acids is 1. The number of unbranched alkanes of at least 4 members (excludes halogenated alkanes) is 1. The molecule has 2 aliphatic rings. The lowest BCUT2D eigenvalue weighted by Crippen LogP contribution is -2.45. The summed E-state index contributed by atoms with van der Waals surface area (Å²) in [7, 11) is 3.51. The monoisotopic (exact) mass is 554 g/mol. The van der Waals surface area contributed by atoms with E-state index in [2.05, 4.69) is 25.7 Å². The second kappa shape index (κ2) is 13.4. The summed E-state index contributed by atoms with van der Waals surface area (Å²) >= 11 is 0. The molecule has 40 heavy (non-hydrogen) atoms. The number of anilines is 1. The number of methoxy groups -OCH3 is 1. The lowest BCUT2D eigenvalue weighted by Gasteiger charge is -2.31. The Balaban J connectivity index is 1.68. The van der Waals surface area contributed by atoms with Crippen LogP contribution in [0.4, 0.5) is 5.69 Å².